The van der Waals surface area contributed by atoms with Gasteiger partial charge in [-0.3, -0.25) is 4.98 Å². The van der Waals surface area contributed by atoms with Crippen LogP contribution in [0.3, 0.4) is 0 Å². The third-order valence-electron chi connectivity index (χ3n) is 2.94. The van der Waals surface area contributed by atoms with E-state index in [0.717, 1.165) is 24.4 Å². The van der Waals surface area contributed by atoms with Crippen LogP contribution in [-0.4, -0.2) is 19.3 Å². The van der Waals surface area contributed by atoms with E-state index in [0.29, 0.717) is 0 Å². The summed E-state index contributed by atoms with van der Waals surface area (Å²) in [5.41, 5.74) is 2.19. The van der Waals surface area contributed by atoms with Crippen LogP contribution in [0.25, 0.3) is 0 Å². The van der Waals surface area contributed by atoms with Crippen LogP contribution < -0.4 is 0 Å². The molecule has 0 saturated heterocycles. The van der Waals surface area contributed by atoms with E-state index >= 15 is 0 Å². The molecule has 0 aliphatic heterocycles. The maximum absolute atomic E-state index is 6.01. The topological polar surface area (TPSA) is 41.6 Å². The highest BCUT2D eigenvalue weighted by atomic mass is 35.5. The molecule has 88 valence electrons. The summed E-state index contributed by atoms with van der Waals surface area (Å²) in [6, 6.07) is 3.97. The van der Waals surface area contributed by atoms with Gasteiger partial charge in [0.25, 0.3) is 0 Å². The van der Waals surface area contributed by atoms with E-state index in [2.05, 4.69) is 15.0 Å². The molecule has 1 saturated carbocycles. The van der Waals surface area contributed by atoms with E-state index < -0.39 is 4.33 Å². The van der Waals surface area contributed by atoms with Gasteiger partial charge in [-0.1, -0.05) is 0 Å². The Morgan fingerprint density at radius 1 is 1.35 bits per heavy atom. The van der Waals surface area contributed by atoms with Crippen LogP contribution in [-0.2, 0) is 6.42 Å². The van der Waals surface area contributed by atoms with Gasteiger partial charge in [0.05, 0.1) is 11.6 Å². The second-order valence-corrected chi connectivity index (χ2v) is 5.87. The van der Waals surface area contributed by atoms with E-state index in [1.54, 1.807) is 12.4 Å². The Balaban J connectivity index is 1.74. The molecule has 3 nitrogen and oxygen atoms in total. The minimum Gasteiger partial charge on any atom is -0.348 e. The van der Waals surface area contributed by atoms with Crippen LogP contribution in [0.4, 0.5) is 0 Å². The molecule has 0 unspecified atom stereocenters. The van der Waals surface area contributed by atoms with Crippen LogP contribution in [0.15, 0.2) is 30.7 Å². The van der Waals surface area contributed by atoms with Gasteiger partial charge >= 0.3 is 0 Å². The number of pyridine rings is 1. The minimum atomic E-state index is -0.619. The maximum atomic E-state index is 6.01. The second-order valence-electron chi connectivity index (χ2n) is 4.33. The standard InChI is InChI=1S/C12H11Cl2N3/c13-12(14)6-10(12)11-16-7-9(17-11)5-8-1-3-15-4-2-8/h1-4,7,10H,5-6H2,(H,16,17)/t10-/m1/s1. The molecule has 1 aliphatic rings. The largest absolute Gasteiger partial charge is 0.348 e. The zero-order chi connectivity index (χ0) is 11.9. The molecule has 1 fully saturated rings. The fourth-order valence-corrected chi connectivity index (χ4v) is 2.38. The van der Waals surface area contributed by atoms with Crippen LogP contribution >= 0.6 is 23.2 Å². The van der Waals surface area contributed by atoms with Gasteiger partial charge in [-0.05, 0) is 24.1 Å². The van der Waals surface area contributed by atoms with Crippen molar-refractivity contribution < 1.29 is 0 Å². The molecule has 2 aromatic rings. The Kier molecular flexibility index (Phi) is 2.60. The molecule has 1 atom stereocenters. The normalized spacial score (nSPS) is 21.4. The number of halogens is 2. The Hall–Kier alpha value is -1.06. The first-order valence-corrected chi connectivity index (χ1v) is 6.22. The molecule has 0 amide bonds. The van der Waals surface area contributed by atoms with Crippen molar-refractivity contribution in [2.45, 2.75) is 23.1 Å². The average Bonchev–Trinajstić information content (AvgIpc) is 2.74. The smallest absolute Gasteiger partial charge is 0.129 e. The molecule has 1 aliphatic carbocycles. The fourth-order valence-electron chi connectivity index (χ4n) is 1.87. The first kappa shape index (κ1) is 11.1. The van der Waals surface area contributed by atoms with Gasteiger partial charge in [0.15, 0.2) is 0 Å². The zero-order valence-corrected chi connectivity index (χ0v) is 10.5. The van der Waals surface area contributed by atoms with E-state index in [-0.39, 0.29) is 5.92 Å². The van der Waals surface area contributed by atoms with Gasteiger partial charge in [0, 0.05) is 25.0 Å². The number of nitrogens with one attached hydrogen (secondary N) is 1. The molecule has 5 heteroatoms. The molecule has 0 bridgehead atoms. The van der Waals surface area contributed by atoms with E-state index in [4.69, 9.17) is 23.2 Å². The molecular weight excluding hydrogens is 257 g/mol. The van der Waals surface area contributed by atoms with Crippen molar-refractivity contribution >= 4 is 23.2 Å². The van der Waals surface area contributed by atoms with Crippen molar-refractivity contribution in [2.75, 3.05) is 0 Å². The quantitative estimate of drug-likeness (QED) is 0.869. The second kappa shape index (κ2) is 4.00. The van der Waals surface area contributed by atoms with Crippen molar-refractivity contribution in [1.82, 2.24) is 15.0 Å². The van der Waals surface area contributed by atoms with Crippen molar-refractivity contribution in [2.24, 2.45) is 0 Å². The van der Waals surface area contributed by atoms with Gasteiger partial charge in [-0.15, -0.1) is 23.2 Å². The number of aromatic nitrogens is 3. The van der Waals surface area contributed by atoms with E-state index in [1.807, 2.05) is 18.3 Å². The number of aromatic amines is 1. The fraction of sp³-hybridized carbons (Fsp3) is 0.333. The summed E-state index contributed by atoms with van der Waals surface area (Å²) in [5.74, 6) is 1.04. The lowest BCUT2D eigenvalue weighted by molar-refractivity contribution is 0.947. The summed E-state index contributed by atoms with van der Waals surface area (Å²) < 4.78 is -0.619. The van der Waals surface area contributed by atoms with Gasteiger partial charge < -0.3 is 4.98 Å². The minimum absolute atomic E-state index is 0.150. The molecule has 17 heavy (non-hydrogen) atoms. The summed E-state index contributed by atoms with van der Waals surface area (Å²) >= 11 is 12.0. The Morgan fingerprint density at radius 3 is 2.71 bits per heavy atom. The highest BCUT2D eigenvalue weighted by molar-refractivity contribution is 6.51. The molecule has 2 heterocycles. The number of imidazole rings is 1. The molecule has 2 aromatic heterocycles. The maximum Gasteiger partial charge on any atom is 0.129 e. The highest BCUT2D eigenvalue weighted by Crippen LogP contribution is 2.58. The monoisotopic (exact) mass is 267 g/mol. The lowest BCUT2D eigenvalue weighted by Crippen LogP contribution is -1.93. The molecule has 0 spiro atoms. The summed E-state index contributed by atoms with van der Waals surface area (Å²) in [6.07, 6.45) is 7.05. The van der Waals surface area contributed by atoms with Crippen molar-refractivity contribution in [1.29, 1.82) is 0 Å². The molecule has 3 rings (SSSR count). The predicted molar refractivity (Wildman–Crippen MR) is 67.4 cm³/mol. The first-order valence-electron chi connectivity index (χ1n) is 5.46. The number of hydrogen-bond donors (Lipinski definition) is 1. The van der Waals surface area contributed by atoms with Gasteiger partial charge in [-0.25, -0.2) is 4.98 Å². The van der Waals surface area contributed by atoms with E-state index in [1.165, 1.54) is 5.56 Å². The Labute approximate surface area is 109 Å². The summed E-state index contributed by atoms with van der Waals surface area (Å²) in [6.45, 7) is 0. The SMILES string of the molecule is ClC1(Cl)C[C@@H]1c1nc(Cc2ccncc2)c[nH]1. The lowest BCUT2D eigenvalue weighted by Gasteiger charge is -1.96. The van der Waals surface area contributed by atoms with Crippen molar-refractivity contribution in [3.05, 3.63) is 47.8 Å². The summed E-state index contributed by atoms with van der Waals surface area (Å²) in [7, 11) is 0. The zero-order valence-electron chi connectivity index (χ0n) is 9.03. The lowest BCUT2D eigenvalue weighted by atomic mass is 10.2. The average molecular weight is 268 g/mol. The highest BCUT2D eigenvalue weighted by Gasteiger charge is 2.54. The number of nitrogens with zero attached hydrogens (tertiary/aromatic N) is 2. The van der Waals surface area contributed by atoms with Crippen LogP contribution in [0, 0.1) is 0 Å². The van der Waals surface area contributed by atoms with Crippen molar-refractivity contribution in [3.8, 4) is 0 Å². The Bertz CT molecular complexity index is 522. The summed E-state index contributed by atoms with van der Waals surface area (Å²) in [5, 5.41) is 0. The third-order valence-corrected chi connectivity index (χ3v) is 3.78. The van der Waals surface area contributed by atoms with Gasteiger partial charge in [-0.2, -0.15) is 0 Å². The molecular formula is C12H11Cl2N3. The number of hydrogen-bond acceptors (Lipinski definition) is 2. The number of H-pyrrole nitrogens is 1. The molecule has 0 aromatic carbocycles. The van der Waals surface area contributed by atoms with Crippen molar-refractivity contribution in [3.63, 3.8) is 0 Å². The third kappa shape index (κ3) is 2.31. The predicted octanol–water partition coefficient (Wildman–Crippen LogP) is 3.06. The van der Waals surface area contributed by atoms with Crippen LogP contribution in [0.1, 0.15) is 29.4 Å². The Morgan fingerprint density at radius 2 is 2.06 bits per heavy atom. The van der Waals surface area contributed by atoms with Crippen LogP contribution in [0.5, 0.6) is 0 Å². The van der Waals surface area contributed by atoms with Crippen LogP contribution in [0.2, 0.25) is 0 Å². The number of alkyl halides is 2. The summed E-state index contributed by atoms with van der Waals surface area (Å²) in [4.78, 5) is 11.7. The van der Waals surface area contributed by atoms with Gasteiger partial charge in [0.1, 0.15) is 10.2 Å². The molecule has 0 radical (unpaired) electrons. The first-order chi connectivity index (χ1) is 8.15. The number of rotatable bonds is 3. The van der Waals surface area contributed by atoms with E-state index in [9.17, 15) is 0 Å². The van der Waals surface area contributed by atoms with Gasteiger partial charge in [0.2, 0.25) is 0 Å². The molecule has 1 N–H and O–H groups in total.